The van der Waals surface area contributed by atoms with Crippen LogP contribution in [0.15, 0.2) is 11.6 Å². The maximum Gasteiger partial charge on any atom is 0.0101 e. The van der Waals surface area contributed by atoms with Crippen LogP contribution in [0.4, 0.5) is 0 Å². The van der Waals surface area contributed by atoms with Crippen molar-refractivity contribution in [2.24, 2.45) is 0 Å². The summed E-state index contributed by atoms with van der Waals surface area (Å²) in [5.74, 6) is 0. The maximum absolute atomic E-state index is 3.47. The van der Waals surface area contributed by atoms with Gasteiger partial charge in [-0.05, 0) is 45.6 Å². The first-order chi connectivity index (χ1) is 7.36. The molecule has 0 heterocycles. The van der Waals surface area contributed by atoms with E-state index in [2.05, 4.69) is 25.4 Å². The van der Waals surface area contributed by atoms with Crippen LogP contribution in [0.1, 0.15) is 64.7 Å². The van der Waals surface area contributed by atoms with Gasteiger partial charge in [-0.1, -0.05) is 37.8 Å². The highest BCUT2D eigenvalue weighted by Gasteiger charge is 2.10. The molecule has 0 aromatic rings. The van der Waals surface area contributed by atoms with Crippen LogP contribution in [0.3, 0.4) is 0 Å². The quantitative estimate of drug-likeness (QED) is 0.493. The Labute approximate surface area is 95.3 Å². The zero-order valence-electron chi connectivity index (χ0n) is 10.5. The van der Waals surface area contributed by atoms with Gasteiger partial charge in [0.1, 0.15) is 0 Å². The monoisotopic (exact) mass is 209 g/mol. The van der Waals surface area contributed by atoms with Crippen molar-refractivity contribution in [1.82, 2.24) is 5.32 Å². The van der Waals surface area contributed by atoms with E-state index in [1.807, 2.05) is 0 Å². The number of nitrogens with one attached hydrogen (secondary N) is 1. The molecule has 0 bridgehead atoms. The van der Waals surface area contributed by atoms with Crippen molar-refractivity contribution in [1.29, 1.82) is 0 Å². The summed E-state index contributed by atoms with van der Waals surface area (Å²) < 4.78 is 0. The van der Waals surface area contributed by atoms with Crippen LogP contribution in [-0.2, 0) is 0 Å². The van der Waals surface area contributed by atoms with E-state index in [1.54, 1.807) is 5.57 Å². The van der Waals surface area contributed by atoms with Gasteiger partial charge in [-0.2, -0.15) is 0 Å². The van der Waals surface area contributed by atoms with Gasteiger partial charge in [0.25, 0.3) is 0 Å². The Bertz CT molecular complexity index is 184. The van der Waals surface area contributed by atoms with Crippen LogP contribution < -0.4 is 5.32 Å². The lowest BCUT2D eigenvalue weighted by Crippen LogP contribution is -2.25. The van der Waals surface area contributed by atoms with Crippen molar-refractivity contribution in [2.45, 2.75) is 70.8 Å². The summed E-state index contributed by atoms with van der Waals surface area (Å²) in [5.41, 5.74) is 1.71. The molecule has 15 heavy (non-hydrogen) atoms. The third-order valence-electron chi connectivity index (χ3n) is 3.46. The summed E-state index contributed by atoms with van der Waals surface area (Å²) in [7, 11) is 2.11. The van der Waals surface area contributed by atoms with Crippen LogP contribution in [0, 0.1) is 0 Å². The third kappa shape index (κ3) is 5.36. The predicted octanol–water partition coefficient (Wildman–Crippen LogP) is 4.05. The van der Waals surface area contributed by atoms with Crippen LogP contribution >= 0.6 is 0 Å². The average Bonchev–Trinajstić information content (AvgIpc) is 2.29. The molecule has 0 saturated heterocycles. The Kier molecular flexibility index (Phi) is 6.74. The molecule has 1 atom stereocenters. The maximum atomic E-state index is 3.47. The molecule has 0 aromatic carbocycles. The molecule has 0 aromatic heterocycles. The largest absolute Gasteiger partial charge is 0.317 e. The average molecular weight is 209 g/mol. The molecule has 1 heteroatoms. The first-order valence-corrected chi connectivity index (χ1v) is 6.72. The summed E-state index contributed by atoms with van der Waals surface area (Å²) in [5, 5.41) is 3.47. The summed E-state index contributed by atoms with van der Waals surface area (Å²) in [6.45, 7) is 2.28. The number of allylic oxidation sites excluding steroid dienone is 1. The van der Waals surface area contributed by atoms with Crippen LogP contribution in [-0.4, -0.2) is 13.1 Å². The van der Waals surface area contributed by atoms with Crippen molar-refractivity contribution in [2.75, 3.05) is 7.05 Å². The van der Waals surface area contributed by atoms with E-state index >= 15 is 0 Å². The Morgan fingerprint density at radius 2 is 2.20 bits per heavy atom. The Morgan fingerprint density at radius 1 is 1.33 bits per heavy atom. The first-order valence-electron chi connectivity index (χ1n) is 6.72. The number of unbranched alkanes of at least 4 members (excludes halogenated alkanes) is 2. The van der Waals surface area contributed by atoms with Gasteiger partial charge in [0.2, 0.25) is 0 Å². The highest BCUT2D eigenvalue weighted by atomic mass is 14.9. The summed E-state index contributed by atoms with van der Waals surface area (Å²) in [6.07, 6.45) is 14.7. The minimum absolute atomic E-state index is 0.723. The van der Waals surface area contributed by atoms with Gasteiger partial charge in [-0.25, -0.2) is 0 Å². The molecule has 1 rings (SSSR count). The molecule has 1 aliphatic carbocycles. The van der Waals surface area contributed by atoms with E-state index < -0.39 is 0 Å². The number of rotatable bonds is 7. The lowest BCUT2D eigenvalue weighted by Gasteiger charge is -2.20. The lowest BCUT2D eigenvalue weighted by atomic mass is 9.92. The van der Waals surface area contributed by atoms with Gasteiger partial charge in [-0.3, -0.25) is 0 Å². The van der Waals surface area contributed by atoms with Gasteiger partial charge in [0.15, 0.2) is 0 Å². The van der Waals surface area contributed by atoms with E-state index in [0.29, 0.717) is 0 Å². The van der Waals surface area contributed by atoms with Gasteiger partial charge in [0, 0.05) is 6.04 Å². The molecule has 1 N–H and O–H groups in total. The molecule has 1 aliphatic rings. The Hall–Kier alpha value is -0.300. The normalized spacial score (nSPS) is 18.7. The molecule has 0 aliphatic heterocycles. The second-order valence-electron chi connectivity index (χ2n) is 4.79. The van der Waals surface area contributed by atoms with E-state index in [9.17, 15) is 0 Å². The predicted molar refractivity (Wildman–Crippen MR) is 68.2 cm³/mol. The molecule has 1 nitrogen and oxygen atoms in total. The summed E-state index contributed by atoms with van der Waals surface area (Å²) in [4.78, 5) is 0. The van der Waals surface area contributed by atoms with Crippen molar-refractivity contribution in [3.05, 3.63) is 11.6 Å². The Balaban J connectivity index is 2.22. The SMILES string of the molecule is CCCCC[C@@H](CC1=CCCCC1)NC. The molecule has 0 spiro atoms. The van der Waals surface area contributed by atoms with E-state index in [1.165, 1.54) is 57.8 Å². The third-order valence-corrected chi connectivity index (χ3v) is 3.46. The van der Waals surface area contributed by atoms with Crippen molar-refractivity contribution in [3.63, 3.8) is 0 Å². The molecule has 0 fully saturated rings. The topological polar surface area (TPSA) is 12.0 Å². The van der Waals surface area contributed by atoms with E-state index in [-0.39, 0.29) is 0 Å². The van der Waals surface area contributed by atoms with Crippen molar-refractivity contribution in [3.8, 4) is 0 Å². The van der Waals surface area contributed by atoms with Crippen LogP contribution in [0.25, 0.3) is 0 Å². The second-order valence-corrected chi connectivity index (χ2v) is 4.79. The first kappa shape index (κ1) is 12.8. The molecule has 0 saturated carbocycles. The number of hydrogen-bond donors (Lipinski definition) is 1. The zero-order valence-corrected chi connectivity index (χ0v) is 10.5. The lowest BCUT2D eigenvalue weighted by molar-refractivity contribution is 0.477. The molecule has 0 amide bonds. The van der Waals surface area contributed by atoms with E-state index in [0.717, 1.165) is 6.04 Å². The van der Waals surface area contributed by atoms with Gasteiger partial charge in [0.05, 0.1) is 0 Å². The van der Waals surface area contributed by atoms with Crippen molar-refractivity contribution < 1.29 is 0 Å². The molecular weight excluding hydrogens is 182 g/mol. The molecule has 0 unspecified atom stereocenters. The van der Waals surface area contributed by atoms with Gasteiger partial charge < -0.3 is 5.32 Å². The molecular formula is C14H27N. The van der Waals surface area contributed by atoms with Gasteiger partial charge in [-0.15, -0.1) is 0 Å². The van der Waals surface area contributed by atoms with Crippen molar-refractivity contribution >= 4 is 0 Å². The van der Waals surface area contributed by atoms with Crippen LogP contribution in [0.5, 0.6) is 0 Å². The standard InChI is InChI=1S/C14H27N/c1-3-4-6-11-14(15-2)12-13-9-7-5-8-10-13/h9,14-15H,3-8,10-12H2,1-2H3/t14-/m0/s1. The fourth-order valence-electron chi connectivity index (χ4n) is 2.40. The second kappa shape index (κ2) is 7.92. The van der Waals surface area contributed by atoms with E-state index in [4.69, 9.17) is 0 Å². The minimum Gasteiger partial charge on any atom is -0.317 e. The zero-order chi connectivity index (χ0) is 10.9. The molecule has 0 radical (unpaired) electrons. The fourth-order valence-corrected chi connectivity index (χ4v) is 2.40. The Morgan fingerprint density at radius 3 is 2.80 bits per heavy atom. The summed E-state index contributed by atoms with van der Waals surface area (Å²) in [6, 6.07) is 0.723. The highest BCUT2D eigenvalue weighted by molar-refractivity contribution is 5.06. The minimum atomic E-state index is 0.723. The number of hydrogen-bond acceptors (Lipinski definition) is 1. The van der Waals surface area contributed by atoms with Crippen LogP contribution in [0.2, 0.25) is 0 Å². The molecule has 88 valence electrons. The fraction of sp³-hybridized carbons (Fsp3) is 0.857. The highest BCUT2D eigenvalue weighted by Crippen LogP contribution is 2.22. The van der Waals surface area contributed by atoms with Gasteiger partial charge >= 0.3 is 0 Å². The summed E-state index contributed by atoms with van der Waals surface area (Å²) >= 11 is 0. The smallest absolute Gasteiger partial charge is 0.0101 e.